The van der Waals surface area contributed by atoms with E-state index in [-0.39, 0.29) is 12.4 Å². The van der Waals surface area contributed by atoms with Crippen LogP contribution in [0.25, 0.3) is 0 Å². The molecule has 0 unspecified atom stereocenters. The molecular weight excluding hydrogens is 362 g/mol. The van der Waals surface area contributed by atoms with Crippen LogP contribution in [0.2, 0.25) is 0 Å². The van der Waals surface area contributed by atoms with Gasteiger partial charge in [-0.2, -0.15) is 13.8 Å². The molecule has 0 aliphatic heterocycles. The van der Waals surface area contributed by atoms with Crippen LogP contribution in [-0.4, -0.2) is 54.4 Å². The topological polar surface area (TPSA) is 58.6 Å². The average molecular weight is 382 g/mol. The molecule has 0 radical (unpaired) electrons. The fraction of sp³-hybridized carbons (Fsp3) is 0.353. The van der Waals surface area contributed by atoms with E-state index >= 15 is 0 Å². The maximum atomic E-state index is 12.4. The lowest BCUT2D eigenvalue weighted by atomic mass is 10.2. The molecule has 0 bridgehead atoms. The van der Waals surface area contributed by atoms with Crippen LogP contribution in [0.1, 0.15) is 5.56 Å². The molecule has 1 heterocycles. The molecule has 0 fully saturated rings. The SMILES string of the molecule is Cc1cccc(Oc2cncc(N(C)CCN(C)C(=O)C(F)F)n2)c1S. The van der Waals surface area contributed by atoms with Crippen LogP contribution in [0, 0.1) is 6.92 Å². The van der Waals surface area contributed by atoms with Crippen LogP contribution in [0.5, 0.6) is 11.6 Å². The molecule has 1 amide bonds. The van der Waals surface area contributed by atoms with Gasteiger partial charge in [0.1, 0.15) is 5.75 Å². The summed E-state index contributed by atoms with van der Waals surface area (Å²) >= 11 is 4.42. The van der Waals surface area contributed by atoms with E-state index in [1.54, 1.807) is 18.0 Å². The Bertz CT molecular complexity index is 776. The van der Waals surface area contributed by atoms with E-state index in [4.69, 9.17) is 4.74 Å². The quantitative estimate of drug-likeness (QED) is 0.746. The number of anilines is 1. The van der Waals surface area contributed by atoms with E-state index in [1.165, 1.54) is 19.4 Å². The van der Waals surface area contributed by atoms with E-state index < -0.39 is 12.3 Å². The molecular formula is C17H20F2N4O2S. The van der Waals surface area contributed by atoms with Crippen molar-refractivity contribution in [2.24, 2.45) is 0 Å². The molecule has 9 heteroatoms. The average Bonchev–Trinajstić information content (AvgIpc) is 2.62. The monoisotopic (exact) mass is 382 g/mol. The number of rotatable bonds is 7. The Balaban J connectivity index is 2.04. The van der Waals surface area contributed by atoms with Crippen molar-refractivity contribution in [1.29, 1.82) is 0 Å². The molecule has 0 saturated heterocycles. The third-order valence-electron chi connectivity index (χ3n) is 3.74. The Morgan fingerprint density at radius 2 is 2.00 bits per heavy atom. The highest BCUT2D eigenvalue weighted by atomic mass is 32.1. The fourth-order valence-electron chi connectivity index (χ4n) is 2.09. The zero-order valence-corrected chi connectivity index (χ0v) is 15.6. The summed E-state index contributed by atoms with van der Waals surface area (Å²) in [5, 5.41) is 0. The summed E-state index contributed by atoms with van der Waals surface area (Å²) in [7, 11) is 3.06. The number of ether oxygens (including phenoxy) is 1. The molecule has 2 aromatic rings. The minimum atomic E-state index is -3.01. The summed E-state index contributed by atoms with van der Waals surface area (Å²) in [4.78, 5) is 23.0. The minimum absolute atomic E-state index is 0.130. The van der Waals surface area contributed by atoms with E-state index in [1.807, 2.05) is 19.1 Å². The number of nitrogens with zero attached hydrogens (tertiary/aromatic N) is 4. The van der Waals surface area contributed by atoms with Crippen molar-refractivity contribution < 1.29 is 18.3 Å². The van der Waals surface area contributed by atoms with Gasteiger partial charge in [-0.3, -0.25) is 9.78 Å². The second-order valence-electron chi connectivity index (χ2n) is 5.72. The summed E-state index contributed by atoms with van der Waals surface area (Å²) in [5.74, 6) is 0.132. The zero-order valence-electron chi connectivity index (χ0n) is 14.7. The second-order valence-corrected chi connectivity index (χ2v) is 6.17. The molecule has 2 rings (SSSR count). The van der Waals surface area contributed by atoms with Gasteiger partial charge in [0.15, 0.2) is 5.82 Å². The van der Waals surface area contributed by atoms with Gasteiger partial charge in [-0.25, -0.2) is 0 Å². The number of aromatic nitrogens is 2. The number of benzene rings is 1. The highest BCUT2D eigenvalue weighted by Crippen LogP contribution is 2.29. The Morgan fingerprint density at radius 1 is 1.27 bits per heavy atom. The van der Waals surface area contributed by atoms with E-state index in [2.05, 4.69) is 22.6 Å². The number of hydrogen-bond acceptors (Lipinski definition) is 6. The summed E-state index contributed by atoms with van der Waals surface area (Å²) < 4.78 is 30.5. The predicted octanol–water partition coefficient (Wildman–Crippen LogP) is 3.03. The molecule has 6 nitrogen and oxygen atoms in total. The van der Waals surface area contributed by atoms with E-state index in [9.17, 15) is 13.6 Å². The van der Waals surface area contributed by atoms with Crippen molar-refractivity contribution in [3.05, 3.63) is 36.2 Å². The van der Waals surface area contributed by atoms with Gasteiger partial charge in [0.2, 0.25) is 5.88 Å². The Kier molecular flexibility index (Phi) is 6.73. The lowest BCUT2D eigenvalue weighted by Crippen LogP contribution is -2.38. The van der Waals surface area contributed by atoms with Gasteiger partial charge in [-0.15, -0.1) is 12.6 Å². The van der Waals surface area contributed by atoms with Gasteiger partial charge in [0.05, 0.1) is 12.4 Å². The minimum Gasteiger partial charge on any atom is -0.436 e. The largest absolute Gasteiger partial charge is 0.436 e. The molecule has 1 aromatic heterocycles. The summed E-state index contributed by atoms with van der Waals surface area (Å²) in [5.41, 5.74) is 0.971. The highest BCUT2D eigenvalue weighted by molar-refractivity contribution is 7.80. The molecule has 0 spiro atoms. The molecule has 140 valence electrons. The van der Waals surface area contributed by atoms with Gasteiger partial charge in [-0.1, -0.05) is 12.1 Å². The van der Waals surface area contributed by atoms with Crippen LogP contribution in [0.15, 0.2) is 35.5 Å². The fourth-order valence-corrected chi connectivity index (χ4v) is 2.28. The van der Waals surface area contributed by atoms with Crippen LogP contribution in [0.4, 0.5) is 14.6 Å². The number of alkyl halides is 2. The lowest BCUT2D eigenvalue weighted by Gasteiger charge is -2.22. The molecule has 1 aromatic carbocycles. The third-order valence-corrected chi connectivity index (χ3v) is 4.31. The maximum absolute atomic E-state index is 12.4. The van der Waals surface area contributed by atoms with E-state index in [0.717, 1.165) is 10.5 Å². The first-order valence-electron chi connectivity index (χ1n) is 7.82. The van der Waals surface area contributed by atoms with Crippen LogP contribution in [-0.2, 0) is 4.79 Å². The maximum Gasteiger partial charge on any atom is 0.315 e. The van der Waals surface area contributed by atoms with Gasteiger partial charge in [0, 0.05) is 32.1 Å². The van der Waals surface area contributed by atoms with Gasteiger partial charge in [0.25, 0.3) is 5.91 Å². The Labute approximate surface area is 156 Å². The molecule has 0 saturated carbocycles. The van der Waals surface area contributed by atoms with Crippen LogP contribution < -0.4 is 9.64 Å². The Morgan fingerprint density at radius 3 is 2.69 bits per heavy atom. The molecule has 0 aliphatic rings. The van der Waals surface area contributed by atoms with Crippen molar-refractivity contribution >= 4 is 24.4 Å². The first kappa shape index (κ1) is 19.9. The molecule has 26 heavy (non-hydrogen) atoms. The smallest absolute Gasteiger partial charge is 0.315 e. The normalized spacial score (nSPS) is 10.7. The summed E-state index contributed by atoms with van der Waals surface area (Å²) in [6, 6.07) is 5.55. The number of hydrogen-bond donors (Lipinski definition) is 1. The first-order valence-corrected chi connectivity index (χ1v) is 8.27. The number of halogens is 2. The first-order chi connectivity index (χ1) is 12.3. The number of carbonyl (C=O) groups is 1. The van der Waals surface area contributed by atoms with Crippen LogP contribution >= 0.6 is 12.6 Å². The highest BCUT2D eigenvalue weighted by Gasteiger charge is 2.20. The Hall–Kier alpha value is -2.42. The molecule has 0 N–H and O–H groups in total. The number of likely N-dealkylation sites (N-methyl/N-ethyl adjacent to an activating group) is 2. The summed E-state index contributed by atoms with van der Waals surface area (Å²) in [6.45, 7) is 2.36. The van der Waals surface area contributed by atoms with Gasteiger partial charge < -0.3 is 14.5 Å². The zero-order chi connectivity index (χ0) is 19.3. The van der Waals surface area contributed by atoms with Gasteiger partial charge in [-0.05, 0) is 18.6 Å². The number of carbonyl (C=O) groups excluding carboxylic acids is 1. The number of aryl methyl sites for hydroxylation is 1. The van der Waals surface area contributed by atoms with Crippen molar-refractivity contribution in [3.63, 3.8) is 0 Å². The summed E-state index contributed by atoms with van der Waals surface area (Å²) in [6.07, 6.45) is -0.00880. The van der Waals surface area contributed by atoms with Crippen molar-refractivity contribution in [1.82, 2.24) is 14.9 Å². The van der Waals surface area contributed by atoms with Crippen molar-refractivity contribution in [3.8, 4) is 11.6 Å². The van der Waals surface area contributed by atoms with Crippen molar-refractivity contribution in [2.45, 2.75) is 18.2 Å². The predicted molar refractivity (Wildman–Crippen MR) is 97.4 cm³/mol. The second kappa shape index (κ2) is 8.79. The third kappa shape index (κ3) is 5.04. The molecule has 0 atom stereocenters. The van der Waals surface area contributed by atoms with E-state index in [0.29, 0.717) is 23.0 Å². The van der Waals surface area contributed by atoms with Gasteiger partial charge >= 0.3 is 6.43 Å². The molecule has 0 aliphatic carbocycles. The lowest BCUT2D eigenvalue weighted by molar-refractivity contribution is -0.141. The van der Waals surface area contributed by atoms with Crippen molar-refractivity contribution in [2.75, 3.05) is 32.1 Å². The number of amides is 1. The number of thiol groups is 1. The van der Waals surface area contributed by atoms with Crippen LogP contribution in [0.3, 0.4) is 0 Å². The standard InChI is InChI=1S/C17H20F2N4O2S/c1-11-5-4-6-12(15(11)26)25-14-10-20-9-13(21-14)22(2)7-8-23(3)17(24)16(18)19/h4-6,9-10,16,26H,7-8H2,1-3H3.